The molecule has 0 aliphatic carbocycles. The van der Waals surface area contributed by atoms with E-state index in [-0.39, 0.29) is 0 Å². The molecule has 0 aliphatic rings. The molecule has 0 N–H and O–H groups in total. The Morgan fingerprint density at radius 3 is 1.93 bits per heavy atom. The normalized spacial score (nSPS) is 11.6. The molecule has 6 aromatic rings. The van der Waals surface area contributed by atoms with E-state index in [1.54, 1.807) is 0 Å². The predicted molar refractivity (Wildman–Crippen MR) is 126 cm³/mol. The minimum atomic E-state index is 1.28. The molecule has 2 heteroatoms. The SMILES string of the molecule is c1ccc(-c2sc3c(ccc4sc5ccccc5c43)c2-c2ccccc2)cc1. The van der Waals surface area contributed by atoms with Crippen LogP contribution in [0, 0.1) is 0 Å². The van der Waals surface area contributed by atoms with Crippen molar-refractivity contribution in [2.45, 2.75) is 0 Å². The lowest BCUT2D eigenvalue weighted by Crippen LogP contribution is -1.80. The van der Waals surface area contributed by atoms with E-state index in [0.717, 1.165) is 0 Å². The summed E-state index contributed by atoms with van der Waals surface area (Å²) in [6.45, 7) is 0. The number of benzene rings is 4. The molecule has 6 rings (SSSR count). The van der Waals surface area contributed by atoms with Crippen LogP contribution in [-0.4, -0.2) is 0 Å². The van der Waals surface area contributed by atoms with Gasteiger partial charge in [-0.2, -0.15) is 0 Å². The van der Waals surface area contributed by atoms with E-state index in [2.05, 4.69) is 97.1 Å². The highest BCUT2D eigenvalue weighted by Gasteiger charge is 2.19. The van der Waals surface area contributed by atoms with Gasteiger partial charge in [0.2, 0.25) is 0 Å². The maximum Gasteiger partial charge on any atom is 0.0449 e. The van der Waals surface area contributed by atoms with Gasteiger partial charge in [-0.25, -0.2) is 0 Å². The molecule has 0 nitrogen and oxygen atoms in total. The Balaban J connectivity index is 1.80. The predicted octanol–water partition coefficient (Wildman–Crippen LogP) is 8.60. The summed E-state index contributed by atoms with van der Waals surface area (Å²) in [5.74, 6) is 0. The van der Waals surface area contributed by atoms with Crippen molar-refractivity contribution in [2.24, 2.45) is 0 Å². The van der Waals surface area contributed by atoms with E-state index in [4.69, 9.17) is 0 Å². The van der Waals surface area contributed by atoms with E-state index in [0.29, 0.717) is 0 Å². The molecule has 0 aliphatic heterocycles. The van der Waals surface area contributed by atoms with Gasteiger partial charge in [-0.05, 0) is 23.3 Å². The molecule has 132 valence electrons. The molecule has 0 atom stereocenters. The third kappa shape index (κ3) is 2.35. The van der Waals surface area contributed by atoms with Gasteiger partial charge in [0.1, 0.15) is 0 Å². The highest BCUT2D eigenvalue weighted by molar-refractivity contribution is 7.28. The average Bonchev–Trinajstić information content (AvgIpc) is 3.33. The fourth-order valence-corrected chi connectivity index (χ4v) is 6.62. The van der Waals surface area contributed by atoms with Gasteiger partial charge in [0, 0.05) is 40.7 Å². The largest absolute Gasteiger partial charge is 0.135 e. The van der Waals surface area contributed by atoms with E-state index >= 15 is 0 Å². The first-order valence-corrected chi connectivity index (χ1v) is 11.0. The van der Waals surface area contributed by atoms with Gasteiger partial charge in [-0.1, -0.05) is 84.9 Å². The van der Waals surface area contributed by atoms with Crippen LogP contribution in [0.15, 0.2) is 97.1 Å². The Morgan fingerprint density at radius 1 is 0.464 bits per heavy atom. The fourth-order valence-electron chi connectivity index (χ4n) is 4.05. The first-order chi connectivity index (χ1) is 13.9. The van der Waals surface area contributed by atoms with Crippen molar-refractivity contribution in [1.29, 1.82) is 0 Å². The van der Waals surface area contributed by atoms with Crippen molar-refractivity contribution >= 4 is 52.9 Å². The lowest BCUT2D eigenvalue weighted by molar-refractivity contribution is 1.66. The molecular formula is C26H16S2. The maximum absolute atomic E-state index is 2.32. The Hall–Kier alpha value is -2.94. The summed E-state index contributed by atoms with van der Waals surface area (Å²) in [5, 5.41) is 4.13. The molecule has 28 heavy (non-hydrogen) atoms. The monoisotopic (exact) mass is 392 g/mol. The van der Waals surface area contributed by atoms with Gasteiger partial charge >= 0.3 is 0 Å². The Morgan fingerprint density at radius 2 is 1.14 bits per heavy atom. The third-order valence-corrected chi connectivity index (χ3v) is 7.70. The van der Waals surface area contributed by atoms with Crippen molar-refractivity contribution in [3.05, 3.63) is 97.1 Å². The highest BCUT2D eigenvalue weighted by atomic mass is 32.1. The van der Waals surface area contributed by atoms with Crippen LogP contribution in [-0.2, 0) is 0 Å². The maximum atomic E-state index is 2.32. The summed E-state index contributed by atoms with van der Waals surface area (Å²) in [5.41, 5.74) is 3.92. The van der Waals surface area contributed by atoms with Crippen LogP contribution in [0.3, 0.4) is 0 Å². The summed E-state index contributed by atoms with van der Waals surface area (Å²) in [6, 6.07) is 35.0. The molecule has 0 amide bonds. The van der Waals surface area contributed by atoms with Crippen LogP contribution >= 0.6 is 22.7 Å². The van der Waals surface area contributed by atoms with Crippen molar-refractivity contribution in [2.75, 3.05) is 0 Å². The van der Waals surface area contributed by atoms with Crippen LogP contribution in [0.1, 0.15) is 0 Å². The Labute approximate surface area is 171 Å². The lowest BCUT2D eigenvalue weighted by Gasteiger charge is -2.05. The average molecular weight is 393 g/mol. The number of fused-ring (bicyclic) bond motifs is 5. The van der Waals surface area contributed by atoms with Crippen LogP contribution < -0.4 is 0 Å². The molecule has 0 bridgehead atoms. The molecule has 4 aromatic carbocycles. The summed E-state index contributed by atoms with van der Waals surface area (Å²) in [7, 11) is 0. The molecule has 0 unspecified atom stereocenters. The topological polar surface area (TPSA) is 0 Å². The summed E-state index contributed by atoms with van der Waals surface area (Å²) >= 11 is 3.82. The number of thiophene rings is 2. The second kappa shape index (κ2) is 6.30. The second-order valence-electron chi connectivity index (χ2n) is 6.95. The van der Waals surface area contributed by atoms with Crippen LogP contribution in [0.25, 0.3) is 51.8 Å². The van der Waals surface area contributed by atoms with Crippen molar-refractivity contribution in [1.82, 2.24) is 0 Å². The zero-order chi connectivity index (χ0) is 18.5. The fraction of sp³-hybridized carbons (Fsp3) is 0. The molecule has 0 saturated heterocycles. The summed E-state index contributed by atoms with van der Waals surface area (Å²) < 4.78 is 4.13. The third-order valence-electron chi connectivity index (χ3n) is 5.29. The minimum Gasteiger partial charge on any atom is -0.135 e. The Bertz CT molecular complexity index is 1440. The number of hydrogen-bond donors (Lipinski definition) is 0. The number of rotatable bonds is 2. The van der Waals surface area contributed by atoms with E-state index in [1.165, 1.54) is 51.8 Å². The van der Waals surface area contributed by atoms with Crippen molar-refractivity contribution in [3.8, 4) is 21.6 Å². The molecular weight excluding hydrogens is 376 g/mol. The highest BCUT2D eigenvalue weighted by Crippen LogP contribution is 2.49. The number of hydrogen-bond acceptors (Lipinski definition) is 2. The van der Waals surface area contributed by atoms with Gasteiger partial charge in [0.15, 0.2) is 0 Å². The summed E-state index contributed by atoms with van der Waals surface area (Å²) in [6.07, 6.45) is 0. The first-order valence-electron chi connectivity index (χ1n) is 9.38. The molecule has 2 aromatic heterocycles. The zero-order valence-corrected chi connectivity index (χ0v) is 16.7. The van der Waals surface area contributed by atoms with Crippen LogP contribution in [0.2, 0.25) is 0 Å². The van der Waals surface area contributed by atoms with Gasteiger partial charge in [0.05, 0.1) is 0 Å². The summed E-state index contributed by atoms with van der Waals surface area (Å²) in [4.78, 5) is 1.35. The second-order valence-corrected chi connectivity index (χ2v) is 9.06. The minimum absolute atomic E-state index is 1.28. The van der Waals surface area contributed by atoms with E-state index in [1.807, 2.05) is 22.7 Å². The zero-order valence-electron chi connectivity index (χ0n) is 15.1. The standard InChI is InChI=1S/C26H16S2/c1-3-9-17(10-4-1)23-20-15-16-22-24(19-13-7-8-14-21(19)27-22)26(20)28-25(23)18-11-5-2-6-12-18/h1-16H. The molecule has 2 heterocycles. The van der Waals surface area contributed by atoms with Gasteiger partial charge in [0.25, 0.3) is 0 Å². The van der Waals surface area contributed by atoms with E-state index in [9.17, 15) is 0 Å². The van der Waals surface area contributed by atoms with Gasteiger partial charge in [-0.15, -0.1) is 22.7 Å². The molecule has 0 radical (unpaired) electrons. The van der Waals surface area contributed by atoms with Crippen LogP contribution in [0.5, 0.6) is 0 Å². The quantitative estimate of drug-likeness (QED) is 0.277. The first kappa shape index (κ1) is 16.1. The molecule has 0 saturated carbocycles. The Kier molecular flexibility index (Phi) is 3.61. The van der Waals surface area contributed by atoms with E-state index < -0.39 is 0 Å². The smallest absolute Gasteiger partial charge is 0.0449 e. The van der Waals surface area contributed by atoms with Crippen molar-refractivity contribution < 1.29 is 0 Å². The van der Waals surface area contributed by atoms with Gasteiger partial charge in [-0.3, -0.25) is 0 Å². The molecule has 0 fully saturated rings. The van der Waals surface area contributed by atoms with Crippen LogP contribution in [0.4, 0.5) is 0 Å². The van der Waals surface area contributed by atoms with Gasteiger partial charge < -0.3 is 0 Å². The van der Waals surface area contributed by atoms with Crippen molar-refractivity contribution in [3.63, 3.8) is 0 Å². The lowest BCUT2D eigenvalue weighted by atomic mass is 9.98. The molecule has 0 spiro atoms.